The molecular weight excluding hydrogens is 368 g/mol. The predicted molar refractivity (Wildman–Crippen MR) is 97.5 cm³/mol. The minimum Gasteiger partial charge on any atom is -0.322 e. The number of sulfonamides is 1. The number of rotatable bonds is 5. The maximum atomic E-state index is 12.1. The molecule has 24 heavy (non-hydrogen) atoms. The van der Waals surface area contributed by atoms with Crippen LogP contribution in [-0.2, 0) is 16.4 Å². The van der Waals surface area contributed by atoms with Crippen molar-refractivity contribution in [2.45, 2.75) is 17.6 Å². The molecule has 0 saturated heterocycles. The second-order valence-corrected chi connectivity index (χ2v) is 9.13. The second-order valence-electron chi connectivity index (χ2n) is 5.42. The lowest BCUT2D eigenvalue weighted by Gasteiger charge is -2.06. The van der Waals surface area contributed by atoms with Gasteiger partial charge in [-0.15, -0.1) is 11.3 Å². The van der Waals surface area contributed by atoms with Gasteiger partial charge in [0.15, 0.2) is 0 Å². The molecule has 0 aliphatic rings. The fourth-order valence-corrected chi connectivity index (χ4v) is 4.94. The third-order valence-corrected chi connectivity index (χ3v) is 6.76. The number of thiophene rings is 1. The predicted octanol–water partition coefficient (Wildman–Crippen LogP) is 3.07. The van der Waals surface area contributed by atoms with Gasteiger partial charge in [-0.2, -0.15) is 0 Å². The summed E-state index contributed by atoms with van der Waals surface area (Å²) in [4.78, 5) is 15.0. The van der Waals surface area contributed by atoms with Crippen molar-refractivity contribution in [3.05, 3.63) is 62.2 Å². The summed E-state index contributed by atoms with van der Waals surface area (Å²) in [6, 6.07) is 10.6. The van der Waals surface area contributed by atoms with Crippen molar-refractivity contribution >= 4 is 43.9 Å². The van der Waals surface area contributed by atoms with Crippen LogP contribution in [0.1, 0.15) is 11.1 Å². The molecule has 0 unspecified atom stereocenters. The number of nitrogens with one attached hydrogen (secondary N) is 2. The Morgan fingerprint density at radius 2 is 2.00 bits per heavy atom. The van der Waals surface area contributed by atoms with E-state index >= 15 is 0 Å². The molecule has 0 atom stereocenters. The number of aryl methyl sites for hydroxylation is 1. The molecule has 5 nitrogen and oxygen atoms in total. The molecule has 2 heterocycles. The lowest BCUT2D eigenvalue weighted by atomic mass is 10.1. The molecule has 0 aliphatic heterocycles. The van der Waals surface area contributed by atoms with Crippen LogP contribution in [0.15, 0.2) is 45.4 Å². The Bertz CT molecular complexity index is 1050. The summed E-state index contributed by atoms with van der Waals surface area (Å²) in [5.41, 5.74) is 2.18. The van der Waals surface area contributed by atoms with Crippen molar-refractivity contribution in [1.82, 2.24) is 9.71 Å². The largest absolute Gasteiger partial charge is 0.322 e. The summed E-state index contributed by atoms with van der Waals surface area (Å²) in [6.07, 6.45) is 0.303. The summed E-state index contributed by atoms with van der Waals surface area (Å²) in [5.74, 6) is 0. The van der Waals surface area contributed by atoms with E-state index in [4.69, 9.17) is 11.6 Å². The first kappa shape index (κ1) is 17.2. The normalized spacial score (nSPS) is 11.9. The van der Waals surface area contributed by atoms with Crippen molar-refractivity contribution in [3.63, 3.8) is 0 Å². The van der Waals surface area contributed by atoms with E-state index in [0.717, 1.165) is 27.8 Å². The number of fused-ring (bicyclic) bond motifs is 1. The fourth-order valence-electron chi connectivity index (χ4n) is 2.38. The highest BCUT2D eigenvalue weighted by Gasteiger charge is 2.16. The van der Waals surface area contributed by atoms with E-state index in [9.17, 15) is 13.2 Å². The molecule has 0 bridgehead atoms. The van der Waals surface area contributed by atoms with Crippen LogP contribution >= 0.6 is 22.9 Å². The molecule has 0 fully saturated rings. The summed E-state index contributed by atoms with van der Waals surface area (Å²) in [7, 11) is -3.60. The van der Waals surface area contributed by atoms with E-state index < -0.39 is 10.0 Å². The van der Waals surface area contributed by atoms with Gasteiger partial charge < -0.3 is 4.98 Å². The van der Waals surface area contributed by atoms with Gasteiger partial charge in [-0.05, 0) is 48.6 Å². The molecular formula is C16H15ClN2O3S2. The van der Waals surface area contributed by atoms with E-state index in [2.05, 4.69) is 9.71 Å². The summed E-state index contributed by atoms with van der Waals surface area (Å²) in [5, 5.41) is 0.920. The minimum absolute atomic E-state index is 0.137. The number of halogens is 1. The number of pyridine rings is 1. The third-order valence-electron chi connectivity index (χ3n) is 3.58. The number of H-pyrrole nitrogens is 1. The van der Waals surface area contributed by atoms with Gasteiger partial charge in [0, 0.05) is 17.6 Å². The molecule has 3 rings (SSSR count). The molecule has 0 aliphatic carbocycles. The Morgan fingerprint density at radius 1 is 1.21 bits per heavy atom. The van der Waals surface area contributed by atoms with E-state index in [1.807, 2.05) is 25.1 Å². The average molecular weight is 383 g/mol. The van der Waals surface area contributed by atoms with Crippen molar-refractivity contribution < 1.29 is 8.42 Å². The summed E-state index contributed by atoms with van der Waals surface area (Å²) in [6.45, 7) is 2.09. The first-order chi connectivity index (χ1) is 11.3. The molecule has 0 radical (unpaired) electrons. The molecule has 0 saturated carbocycles. The fraction of sp³-hybridized carbons (Fsp3) is 0.188. The smallest absolute Gasteiger partial charge is 0.251 e. The first-order valence-corrected chi connectivity index (χ1v) is 9.90. The van der Waals surface area contributed by atoms with Crippen molar-refractivity contribution in [2.24, 2.45) is 0 Å². The van der Waals surface area contributed by atoms with Crippen LogP contribution in [0.3, 0.4) is 0 Å². The standard InChI is InChI=1S/C16H15ClN2O3S2/c1-10-2-3-11-9-12(16(20)19-13(11)8-10)6-7-18-24(21,22)15-5-4-14(17)23-15/h2-5,8-9,18H,6-7H2,1H3,(H,19,20). The van der Waals surface area contributed by atoms with Gasteiger partial charge in [0.25, 0.3) is 5.56 Å². The molecule has 0 amide bonds. The Hall–Kier alpha value is -1.67. The lowest BCUT2D eigenvalue weighted by Crippen LogP contribution is -2.27. The number of aromatic amines is 1. The maximum absolute atomic E-state index is 12.1. The SMILES string of the molecule is Cc1ccc2cc(CCNS(=O)(=O)c3ccc(Cl)s3)c(=O)[nH]c2c1. The molecule has 0 spiro atoms. The highest BCUT2D eigenvalue weighted by atomic mass is 35.5. The van der Waals surface area contributed by atoms with Gasteiger partial charge in [0.2, 0.25) is 10.0 Å². The van der Waals surface area contributed by atoms with Crippen LogP contribution in [0.2, 0.25) is 4.34 Å². The van der Waals surface area contributed by atoms with Gasteiger partial charge in [-0.3, -0.25) is 4.79 Å². The van der Waals surface area contributed by atoms with Gasteiger partial charge in [-0.25, -0.2) is 13.1 Å². The van der Waals surface area contributed by atoms with Crippen LogP contribution in [0.5, 0.6) is 0 Å². The van der Waals surface area contributed by atoms with E-state index in [1.54, 1.807) is 6.07 Å². The van der Waals surface area contributed by atoms with E-state index in [0.29, 0.717) is 16.3 Å². The maximum Gasteiger partial charge on any atom is 0.251 e. The Balaban J connectivity index is 1.75. The molecule has 3 aromatic rings. The van der Waals surface area contributed by atoms with Crippen LogP contribution < -0.4 is 10.3 Å². The Morgan fingerprint density at radius 3 is 2.71 bits per heavy atom. The van der Waals surface area contributed by atoms with Crippen molar-refractivity contribution in [1.29, 1.82) is 0 Å². The number of hydrogen-bond donors (Lipinski definition) is 2. The van der Waals surface area contributed by atoms with E-state index in [-0.39, 0.29) is 16.3 Å². The minimum atomic E-state index is -3.60. The molecule has 2 aromatic heterocycles. The van der Waals surface area contributed by atoms with Crippen molar-refractivity contribution in [3.8, 4) is 0 Å². The third kappa shape index (κ3) is 3.70. The lowest BCUT2D eigenvalue weighted by molar-refractivity contribution is 0.583. The zero-order valence-corrected chi connectivity index (χ0v) is 15.2. The Kier molecular flexibility index (Phi) is 4.78. The number of hydrogen-bond acceptors (Lipinski definition) is 4. The topological polar surface area (TPSA) is 79.0 Å². The first-order valence-electron chi connectivity index (χ1n) is 7.23. The van der Waals surface area contributed by atoms with Gasteiger partial charge in [-0.1, -0.05) is 23.7 Å². The average Bonchev–Trinajstić information content (AvgIpc) is 2.95. The molecule has 8 heteroatoms. The summed E-state index contributed by atoms with van der Waals surface area (Å²) >= 11 is 6.76. The highest BCUT2D eigenvalue weighted by molar-refractivity contribution is 7.91. The monoisotopic (exact) mass is 382 g/mol. The zero-order chi connectivity index (χ0) is 17.3. The quantitative estimate of drug-likeness (QED) is 0.711. The van der Waals surface area contributed by atoms with Gasteiger partial charge >= 0.3 is 0 Å². The number of benzene rings is 1. The van der Waals surface area contributed by atoms with Crippen molar-refractivity contribution in [2.75, 3.05) is 6.54 Å². The molecule has 126 valence electrons. The van der Waals surface area contributed by atoms with Gasteiger partial charge in [0.05, 0.1) is 4.34 Å². The van der Waals surface area contributed by atoms with Crippen LogP contribution in [0.25, 0.3) is 10.9 Å². The summed E-state index contributed by atoms with van der Waals surface area (Å²) < 4.78 is 27.3. The van der Waals surface area contributed by atoms with Crippen LogP contribution in [0.4, 0.5) is 0 Å². The van der Waals surface area contributed by atoms with Crippen LogP contribution in [-0.4, -0.2) is 19.9 Å². The highest BCUT2D eigenvalue weighted by Crippen LogP contribution is 2.25. The zero-order valence-electron chi connectivity index (χ0n) is 12.8. The van der Waals surface area contributed by atoms with Gasteiger partial charge in [0.1, 0.15) is 4.21 Å². The molecule has 2 N–H and O–H groups in total. The van der Waals surface area contributed by atoms with E-state index in [1.165, 1.54) is 12.1 Å². The Labute approximate surface area is 148 Å². The second kappa shape index (κ2) is 6.68. The van der Waals surface area contributed by atoms with Crippen LogP contribution in [0, 0.1) is 6.92 Å². The number of aromatic nitrogens is 1. The molecule has 1 aromatic carbocycles.